The first-order valence-corrected chi connectivity index (χ1v) is 14.2. The van der Waals surface area contributed by atoms with E-state index in [0.29, 0.717) is 17.0 Å². The fourth-order valence-electron chi connectivity index (χ4n) is 4.24. The minimum atomic E-state index is -4.30. The Morgan fingerprint density at radius 1 is 1.29 bits per heavy atom. The maximum Gasteiger partial charge on any atom is 0.510 e. The Hall–Kier alpha value is -2.10. The van der Waals surface area contributed by atoms with Crippen molar-refractivity contribution in [2.75, 3.05) is 25.1 Å². The van der Waals surface area contributed by atoms with Gasteiger partial charge in [-0.25, -0.2) is 9.78 Å². The average Bonchev–Trinajstić information content (AvgIpc) is 3.55. The van der Waals surface area contributed by atoms with Crippen molar-refractivity contribution in [1.29, 1.82) is 0 Å². The third kappa shape index (κ3) is 7.10. The van der Waals surface area contributed by atoms with Crippen LogP contribution < -0.4 is 5.32 Å². The fraction of sp³-hybridized carbons (Fsp3) is 0.714. The highest BCUT2D eigenvalue weighted by Gasteiger charge is 2.44. The Bertz CT molecular complexity index is 1160. The van der Waals surface area contributed by atoms with E-state index in [1.165, 1.54) is 10.9 Å². The van der Waals surface area contributed by atoms with E-state index in [9.17, 15) is 24.5 Å². The van der Waals surface area contributed by atoms with Crippen molar-refractivity contribution in [3.8, 4) is 0 Å². The Kier molecular flexibility index (Phi) is 9.42. The van der Waals surface area contributed by atoms with Crippen LogP contribution in [0.1, 0.15) is 45.8 Å². The van der Waals surface area contributed by atoms with Gasteiger partial charge in [0.15, 0.2) is 23.2 Å². The Labute approximate surface area is 222 Å². The zero-order chi connectivity index (χ0) is 27.4. The molecule has 2 aliphatic rings. The molecule has 1 aliphatic heterocycles. The van der Waals surface area contributed by atoms with E-state index < -0.39 is 57.5 Å². The molecular weight excluding hydrogens is 549 g/mol. The summed E-state index contributed by atoms with van der Waals surface area (Å²) in [6, 6.07) is 0.248. The van der Waals surface area contributed by atoms with Crippen molar-refractivity contribution in [2.45, 2.75) is 76.2 Å². The molecule has 2 fully saturated rings. The van der Waals surface area contributed by atoms with Gasteiger partial charge in [0, 0.05) is 6.04 Å². The van der Waals surface area contributed by atoms with Crippen LogP contribution in [-0.4, -0.2) is 91.0 Å². The summed E-state index contributed by atoms with van der Waals surface area (Å²) in [5.74, 6) is 0.471. The second kappa shape index (κ2) is 12.4. The molecule has 4 rings (SSSR count). The summed E-state index contributed by atoms with van der Waals surface area (Å²) in [6.45, 7) is 2.05. The molecule has 38 heavy (non-hydrogen) atoms. The Morgan fingerprint density at radius 2 is 2.03 bits per heavy atom. The monoisotopic (exact) mass is 579 g/mol. The number of aromatic nitrogens is 4. The molecule has 0 spiro atoms. The largest absolute Gasteiger partial charge is 0.510 e. The first kappa shape index (κ1) is 28.9. The summed E-state index contributed by atoms with van der Waals surface area (Å²) < 4.78 is 38.4. The number of ether oxygens (including phenoxy) is 4. The number of rotatable bonds is 11. The van der Waals surface area contributed by atoms with E-state index in [-0.39, 0.29) is 17.9 Å². The van der Waals surface area contributed by atoms with Crippen LogP contribution in [0.4, 0.5) is 10.6 Å². The van der Waals surface area contributed by atoms with E-state index in [1.54, 1.807) is 13.8 Å². The maximum absolute atomic E-state index is 12.1. The smallest absolute Gasteiger partial charge is 0.432 e. The number of nitrogens with zero attached hydrogens (tertiary/aromatic N) is 4. The van der Waals surface area contributed by atoms with Crippen LogP contribution >= 0.6 is 19.2 Å². The minimum absolute atomic E-state index is 0.0205. The van der Waals surface area contributed by atoms with Crippen LogP contribution in [0, 0.1) is 0 Å². The molecule has 2 aromatic heterocycles. The number of carbonyl (C=O) groups excluding carboxylic acids is 1. The van der Waals surface area contributed by atoms with Crippen LogP contribution in [0.3, 0.4) is 0 Å². The van der Waals surface area contributed by atoms with Gasteiger partial charge in [0.2, 0.25) is 12.1 Å². The SMILES string of the molecule is CC(C)OC(=O)OCOP(=O)(O)COC[C@H]1O[C@@H](n2cnc3c(NC4CCCC4)nc(Cl)nc32)[C@H](O)[C@@H]1O. The number of imidazole rings is 1. The van der Waals surface area contributed by atoms with E-state index >= 15 is 0 Å². The lowest BCUT2D eigenvalue weighted by molar-refractivity contribution is -0.0626. The zero-order valence-corrected chi connectivity index (χ0v) is 22.5. The van der Waals surface area contributed by atoms with Gasteiger partial charge in [-0.2, -0.15) is 9.97 Å². The van der Waals surface area contributed by atoms with Gasteiger partial charge in [-0.15, -0.1) is 0 Å². The molecule has 0 bridgehead atoms. The summed E-state index contributed by atoms with van der Waals surface area (Å²) in [5.41, 5.74) is 0.733. The molecule has 212 valence electrons. The van der Waals surface area contributed by atoms with Gasteiger partial charge in [-0.1, -0.05) is 12.8 Å². The molecule has 0 radical (unpaired) electrons. The predicted octanol–water partition coefficient (Wildman–Crippen LogP) is 2.15. The standard InChI is InChI=1S/C21H31ClN5O10P/c1-11(2)36-21(30)34-9-35-38(31,32)10-33-7-13-15(28)16(29)19(37-13)27-8-23-14-17(24-12-5-3-4-6-12)25-20(22)26-18(14)27/h8,11-13,15-16,19,28-29H,3-7,9-10H2,1-2H3,(H,31,32)(H,24,25,26)/t13-,15-,16-,19-/m1/s1. The lowest BCUT2D eigenvalue weighted by atomic mass is 10.1. The van der Waals surface area contributed by atoms with Crippen LogP contribution in [0.2, 0.25) is 5.28 Å². The van der Waals surface area contributed by atoms with Crippen molar-refractivity contribution in [3.63, 3.8) is 0 Å². The number of aliphatic hydroxyl groups is 2. The van der Waals surface area contributed by atoms with Crippen molar-refractivity contribution in [2.24, 2.45) is 0 Å². The van der Waals surface area contributed by atoms with Crippen LogP contribution in [0.5, 0.6) is 0 Å². The molecule has 0 aromatic carbocycles. The van der Waals surface area contributed by atoms with E-state index in [0.717, 1.165) is 25.7 Å². The van der Waals surface area contributed by atoms with Gasteiger partial charge in [0.1, 0.15) is 24.7 Å². The highest BCUT2D eigenvalue weighted by atomic mass is 35.5. The molecule has 5 atom stereocenters. The van der Waals surface area contributed by atoms with Crippen molar-refractivity contribution < 1.29 is 47.9 Å². The Balaban J connectivity index is 1.34. The quantitative estimate of drug-likeness (QED) is 0.131. The first-order valence-electron chi connectivity index (χ1n) is 12.1. The van der Waals surface area contributed by atoms with Gasteiger partial charge in [0.25, 0.3) is 0 Å². The third-order valence-electron chi connectivity index (χ3n) is 6.00. The van der Waals surface area contributed by atoms with Gasteiger partial charge in [-0.3, -0.25) is 13.7 Å². The number of nitrogens with one attached hydrogen (secondary N) is 1. The van der Waals surface area contributed by atoms with Gasteiger partial charge in [-0.05, 0) is 38.3 Å². The number of halogens is 1. The molecular formula is C21H31ClN5O10P. The van der Waals surface area contributed by atoms with Gasteiger partial charge >= 0.3 is 13.8 Å². The van der Waals surface area contributed by atoms with Crippen molar-refractivity contribution >= 4 is 42.3 Å². The molecule has 1 aliphatic carbocycles. The molecule has 1 saturated carbocycles. The molecule has 1 saturated heterocycles. The van der Waals surface area contributed by atoms with E-state index in [4.69, 9.17) is 25.8 Å². The molecule has 1 unspecified atom stereocenters. The molecule has 0 amide bonds. The Morgan fingerprint density at radius 3 is 2.74 bits per heavy atom. The van der Waals surface area contributed by atoms with Gasteiger partial charge < -0.3 is 39.4 Å². The summed E-state index contributed by atoms with van der Waals surface area (Å²) >= 11 is 6.15. The number of hydrogen-bond acceptors (Lipinski definition) is 13. The number of hydrogen-bond donors (Lipinski definition) is 4. The molecule has 17 heteroatoms. The van der Waals surface area contributed by atoms with Crippen LogP contribution in [-0.2, 0) is 28.0 Å². The summed E-state index contributed by atoms with van der Waals surface area (Å²) in [5, 5.41) is 24.5. The van der Waals surface area contributed by atoms with Gasteiger partial charge in [0.05, 0.1) is 19.0 Å². The average molecular weight is 580 g/mol. The van der Waals surface area contributed by atoms with Crippen LogP contribution in [0.25, 0.3) is 11.2 Å². The lowest BCUT2D eigenvalue weighted by Gasteiger charge is -2.17. The van der Waals surface area contributed by atoms with Crippen LogP contribution in [0.15, 0.2) is 6.33 Å². The molecule has 15 nitrogen and oxygen atoms in total. The maximum atomic E-state index is 12.1. The third-order valence-corrected chi connectivity index (χ3v) is 7.19. The normalized spacial score (nSPS) is 25.7. The molecule has 2 aromatic rings. The molecule has 4 N–H and O–H groups in total. The zero-order valence-electron chi connectivity index (χ0n) is 20.8. The highest BCUT2D eigenvalue weighted by Crippen LogP contribution is 2.42. The second-order valence-electron chi connectivity index (χ2n) is 9.28. The summed E-state index contributed by atoms with van der Waals surface area (Å²) in [6.07, 6.45) is -1.53. The first-order chi connectivity index (χ1) is 18.0. The topological polar surface area (TPSA) is 197 Å². The number of anilines is 1. The van der Waals surface area contributed by atoms with E-state index in [1.807, 2.05) is 0 Å². The number of carbonyl (C=O) groups is 1. The number of aliphatic hydroxyl groups excluding tert-OH is 2. The lowest BCUT2D eigenvalue weighted by Crippen LogP contribution is -2.34. The summed E-state index contributed by atoms with van der Waals surface area (Å²) in [7, 11) is -4.30. The van der Waals surface area contributed by atoms with E-state index in [2.05, 4.69) is 29.5 Å². The number of fused-ring (bicyclic) bond motifs is 1. The van der Waals surface area contributed by atoms with Crippen molar-refractivity contribution in [1.82, 2.24) is 19.5 Å². The minimum Gasteiger partial charge on any atom is -0.432 e. The summed E-state index contributed by atoms with van der Waals surface area (Å²) in [4.78, 5) is 34.0. The second-order valence-corrected chi connectivity index (χ2v) is 11.4. The fourth-order valence-corrected chi connectivity index (χ4v) is 5.03. The molecule has 3 heterocycles. The highest BCUT2D eigenvalue weighted by molar-refractivity contribution is 7.52. The van der Waals surface area contributed by atoms with Crippen molar-refractivity contribution in [3.05, 3.63) is 11.6 Å². The predicted molar refractivity (Wildman–Crippen MR) is 131 cm³/mol.